The van der Waals surface area contributed by atoms with E-state index in [9.17, 15) is 0 Å². The summed E-state index contributed by atoms with van der Waals surface area (Å²) < 4.78 is 10.4. The number of hydrogen-bond acceptors (Lipinski definition) is 4. The fourth-order valence-corrected chi connectivity index (χ4v) is 1.84. The number of hydrazone groups is 1. The highest BCUT2D eigenvalue weighted by atomic mass is 35.5. The van der Waals surface area contributed by atoms with E-state index in [0.717, 1.165) is 11.3 Å². The summed E-state index contributed by atoms with van der Waals surface area (Å²) in [5.41, 5.74) is 4.54. The number of methoxy groups -OCH3 is 2. The van der Waals surface area contributed by atoms with Crippen LogP contribution in [0.1, 0.15) is 5.56 Å². The zero-order chi connectivity index (χ0) is 14.4. The van der Waals surface area contributed by atoms with Gasteiger partial charge in [0.05, 0.1) is 31.1 Å². The molecule has 0 fully saturated rings. The third-order valence-corrected chi connectivity index (χ3v) is 3.01. The first kappa shape index (κ1) is 14.2. The molecule has 1 N–H and O–H groups in total. The zero-order valence-electron chi connectivity index (χ0n) is 11.3. The third-order valence-electron chi connectivity index (χ3n) is 2.68. The fourth-order valence-electron chi connectivity index (χ4n) is 1.66. The van der Waals surface area contributed by atoms with Crippen LogP contribution in [0.4, 0.5) is 5.69 Å². The summed E-state index contributed by atoms with van der Waals surface area (Å²) in [6.07, 6.45) is 1.69. The number of para-hydroxylation sites is 1. The van der Waals surface area contributed by atoms with Gasteiger partial charge in [0.2, 0.25) is 0 Å². The molecule has 0 bridgehead atoms. The molecule has 0 radical (unpaired) electrons. The van der Waals surface area contributed by atoms with Crippen molar-refractivity contribution >= 4 is 23.5 Å². The molecule has 104 valence electrons. The molecule has 5 heteroatoms. The SMILES string of the molecule is COc1ccc(/C=N/Nc2ccccc2Cl)cc1OC. The van der Waals surface area contributed by atoms with Gasteiger partial charge in [-0.05, 0) is 35.9 Å². The molecule has 0 aliphatic carbocycles. The van der Waals surface area contributed by atoms with Crippen molar-refractivity contribution in [2.45, 2.75) is 0 Å². The lowest BCUT2D eigenvalue weighted by atomic mass is 10.2. The first-order valence-corrected chi connectivity index (χ1v) is 6.38. The maximum Gasteiger partial charge on any atom is 0.161 e. The smallest absolute Gasteiger partial charge is 0.161 e. The molecule has 2 aromatic carbocycles. The number of nitrogens with zero attached hydrogens (tertiary/aromatic N) is 1. The lowest BCUT2D eigenvalue weighted by molar-refractivity contribution is 0.355. The summed E-state index contributed by atoms with van der Waals surface area (Å²) in [6.45, 7) is 0. The molecule has 0 aliphatic heterocycles. The Kier molecular flexibility index (Phi) is 4.85. The predicted octanol–water partition coefficient (Wildman–Crippen LogP) is 3.80. The van der Waals surface area contributed by atoms with Gasteiger partial charge < -0.3 is 9.47 Å². The summed E-state index contributed by atoms with van der Waals surface area (Å²) in [7, 11) is 3.20. The van der Waals surface area contributed by atoms with Crippen molar-refractivity contribution in [3.8, 4) is 11.5 Å². The number of anilines is 1. The van der Waals surface area contributed by atoms with Gasteiger partial charge in [-0.25, -0.2) is 0 Å². The van der Waals surface area contributed by atoms with E-state index in [0.29, 0.717) is 16.5 Å². The van der Waals surface area contributed by atoms with Gasteiger partial charge in [0.15, 0.2) is 11.5 Å². The van der Waals surface area contributed by atoms with Crippen molar-refractivity contribution in [2.24, 2.45) is 5.10 Å². The molecule has 0 atom stereocenters. The minimum Gasteiger partial charge on any atom is -0.493 e. The van der Waals surface area contributed by atoms with Crippen LogP contribution in [0, 0.1) is 0 Å². The molecule has 0 heterocycles. The highest BCUT2D eigenvalue weighted by molar-refractivity contribution is 6.33. The lowest BCUT2D eigenvalue weighted by Crippen LogP contribution is -1.94. The molecule has 20 heavy (non-hydrogen) atoms. The van der Waals surface area contributed by atoms with Gasteiger partial charge >= 0.3 is 0 Å². The highest BCUT2D eigenvalue weighted by Crippen LogP contribution is 2.27. The second-order valence-corrected chi connectivity index (χ2v) is 4.37. The normalized spacial score (nSPS) is 10.6. The molecular formula is C15H15ClN2O2. The number of halogens is 1. The van der Waals surface area contributed by atoms with Crippen LogP contribution < -0.4 is 14.9 Å². The Balaban J connectivity index is 2.10. The Bertz CT molecular complexity index is 615. The first-order chi connectivity index (χ1) is 9.74. The van der Waals surface area contributed by atoms with Crippen molar-refractivity contribution in [3.05, 3.63) is 53.1 Å². The van der Waals surface area contributed by atoms with E-state index in [1.807, 2.05) is 36.4 Å². The summed E-state index contributed by atoms with van der Waals surface area (Å²) in [5, 5.41) is 4.77. The quantitative estimate of drug-likeness (QED) is 0.673. The van der Waals surface area contributed by atoms with Gasteiger partial charge in [0, 0.05) is 0 Å². The van der Waals surface area contributed by atoms with Crippen molar-refractivity contribution in [1.29, 1.82) is 0 Å². The molecular weight excluding hydrogens is 276 g/mol. The second-order valence-electron chi connectivity index (χ2n) is 3.96. The van der Waals surface area contributed by atoms with Crippen LogP contribution in [0.25, 0.3) is 0 Å². The molecule has 0 spiro atoms. The Morgan fingerprint density at radius 3 is 2.50 bits per heavy atom. The van der Waals surface area contributed by atoms with Gasteiger partial charge in [0.25, 0.3) is 0 Å². The summed E-state index contributed by atoms with van der Waals surface area (Å²) in [5.74, 6) is 1.35. The van der Waals surface area contributed by atoms with Crippen LogP contribution in [0.5, 0.6) is 11.5 Å². The maximum absolute atomic E-state index is 6.02. The maximum atomic E-state index is 6.02. The van der Waals surface area contributed by atoms with Crippen molar-refractivity contribution in [3.63, 3.8) is 0 Å². The van der Waals surface area contributed by atoms with Gasteiger partial charge in [-0.1, -0.05) is 23.7 Å². The molecule has 0 saturated carbocycles. The molecule has 0 saturated heterocycles. The lowest BCUT2D eigenvalue weighted by Gasteiger charge is -2.07. The number of hydrogen-bond donors (Lipinski definition) is 1. The zero-order valence-corrected chi connectivity index (χ0v) is 12.0. The Morgan fingerprint density at radius 2 is 1.80 bits per heavy atom. The van der Waals surface area contributed by atoms with Crippen LogP contribution in [-0.2, 0) is 0 Å². The van der Waals surface area contributed by atoms with Crippen molar-refractivity contribution < 1.29 is 9.47 Å². The molecule has 0 aliphatic rings. The van der Waals surface area contributed by atoms with Crippen molar-refractivity contribution in [2.75, 3.05) is 19.6 Å². The number of benzene rings is 2. The second kappa shape index (κ2) is 6.82. The molecule has 0 aromatic heterocycles. The largest absolute Gasteiger partial charge is 0.493 e. The standard InChI is InChI=1S/C15H15ClN2O2/c1-19-14-8-7-11(9-15(14)20-2)10-17-18-13-6-4-3-5-12(13)16/h3-10,18H,1-2H3/b17-10+. The van der Waals surface area contributed by atoms with E-state index in [1.54, 1.807) is 26.5 Å². The van der Waals surface area contributed by atoms with Gasteiger partial charge in [-0.15, -0.1) is 0 Å². The molecule has 0 unspecified atom stereocenters. The minimum absolute atomic E-state index is 0.622. The summed E-state index contributed by atoms with van der Waals surface area (Å²) in [4.78, 5) is 0. The molecule has 4 nitrogen and oxygen atoms in total. The monoisotopic (exact) mass is 290 g/mol. The van der Waals surface area contributed by atoms with E-state index in [1.165, 1.54) is 0 Å². The summed E-state index contributed by atoms with van der Waals surface area (Å²) in [6, 6.07) is 13.0. The summed E-state index contributed by atoms with van der Waals surface area (Å²) >= 11 is 6.02. The third kappa shape index (κ3) is 3.42. The van der Waals surface area contributed by atoms with E-state index in [4.69, 9.17) is 21.1 Å². The van der Waals surface area contributed by atoms with E-state index in [-0.39, 0.29) is 0 Å². The molecule has 2 rings (SSSR count). The average Bonchev–Trinajstić information content (AvgIpc) is 2.49. The van der Waals surface area contributed by atoms with Crippen LogP contribution in [0.15, 0.2) is 47.6 Å². The minimum atomic E-state index is 0.622. The molecule has 2 aromatic rings. The van der Waals surface area contributed by atoms with E-state index < -0.39 is 0 Å². The van der Waals surface area contributed by atoms with Crippen molar-refractivity contribution in [1.82, 2.24) is 0 Å². The highest BCUT2D eigenvalue weighted by Gasteiger charge is 2.03. The van der Waals surface area contributed by atoms with Gasteiger partial charge in [-0.3, -0.25) is 5.43 Å². The van der Waals surface area contributed by atoms with E-state index in [2.05, 4.69) is 10.5 Å². The predicted molar refractivity (Wildman–Crippen MR) is 82.2 cm³/mol. The number of nitrogens with one attached hydrogen (secondary N) is 1. The topological polar surface area (TPSA) is 42.8 Å². The number of rotatable bonds is 5. The Hall–Kier alpha value is -2.20. The van der Waals surface area contributed by atoms with Crippen LogP contribution in [-0.4, -0.2) is 20.4 Å². The number of ether oxygens (including phenoxy) is 2. The fraction of sp³-hybridized carbons (Fsp3) is 0.133. The van der Waals surface area contributed by atoms with E-state index >= 15 is 0 Å². The molecule has 0 amide bonds. The van der Waals surface area contributed by atoms with Crippen LogP contribution in [0.3, 0.4) is 0 Å². The first-order valence-electron chi connectivity index (χ1n) is 6.00. The van der Waals surface area contributed by atoms with Gasteiger partial charge in [0.1, 0.15) is 0 Å². The Labute approximate surface area is 123 Å². The van der Waals surface area contributed by atoms with Crippen LogP contribution >= 0.6 is 11.6 Å². The van der Waals surface area contributed by atoms with Crippen LogP contribution in [0.2, 0.25) is 5.02 Å². The van der Waals surface area contributed by atoms with Gasteiger partial charge in [-0.2, -0.15) is 5.10 Å². The Morgan fingerprint density at radius 1 is 1.05 bits per heavy atom. The average molecular weight is 291 g/mol.